The molecule has 1 saturated heterocycles. The first-order valence-corrected chi connectivity index (χ1v) is 12.6. The fourth-order valence-electron chi connectivity index (χ4n) is 3.89. The largest absolute Gasteiger partial charge is 0.462 e. The first-order valence-electron chi connectivity index (χ1n) is 9.55. The summed E-state index contributed by atoms with van der Waals surface area (Å²) >= 11 is 8.56. The van der Waals surface area contributed by atoms with Crippen molar-refractivity contribution in [1.29, 1.82) is 0 Å². The number of halogens is 1. The molecule has 1 atom stereocenters. The molecule has 9 heteroatoms. The lowest BCUT2D eigenvalue weighted by molar-refractivity contribution is 0.387. The molecule has 3 heterocycles. The van der Waals surface area contributed by atoms with Crippen LogP contribution in [0.4, 0.5) is 0 Å². The number of hydrogen-bond acceptors (Lipinski definition) is 4. The Hall–Kier alpha value is -1.21. The van der Waals surface area contributed by atoms with E-state index in [1.165, 1.54) is 12.3 Å². The van der Waals surface area contributed by atoms with Crippen molar-refractivity contribution < 1.29 is 18.8 Å². The molecule has 156 valence electrons. The van der Waals surface area contributed by atoms with Gasteiger partial charge in [0.1, 0.15) is 5.30 Å². The van der Waals surface area contributed by atoms with E-state index in [4.69, 9.17) is 16.0 Å². The second-order valence-electron chi connectivity index (χ2n) is 7.68. The molecule has 0 saturated carbocycles. The van der Waals surface area contributed by atoms with Gasteiger partial charge in [-0.25, -0.2) is 0 Å². The molecule has 1 aliphatic heterocycles. The molecule has 29 heavy (non-hydrogen) atoms. The van der Waals surface area contributed by atoms with Crippen molar-refractivity contribution in [2.75, 3.05) is 18.8 Å². The molecule has 0 amide bonds. The number of furan rings is 1. The summed E-state index contributed by atoms with van der Waals surface area (Å²) in [6, 6.07) is 7.16. The molecule has 0 aliphatic carbocycles. The third-order valence-corrected chi connectivity index (χ3v) is 7.59. The summed E-state index contributed by atoms with van der Waals surface area (Å²) in [5.74, 6) is 1.55. The lowest BCUT2D eigenvalue weighted by Crippen LogP contribution is -2.28. The van der Waals surface area contributed by atoms with Crippen LogP contribution >= 0.6 is 31.0 Å². The summed E-state index contributed by atoms with van der Waals surface area (Å²) in [5, 5.41) is 5.26. The normalized spacial score (nSPS) is 18.1. The van der Waals surface area contributed by atoms with Gasteiger partial charge in [0.15, 0.2) is 5.76 Å². The fourth-order valence-corrected chi connectivity index (χ4v) is 6.11. The van der Waals surface area contributed by atoms with Gasteiger partial charge in [-0.1, -0.05) is 31.5 Å². The fraction of sp³-hybridized carbons (Fsp3) is 0.400. The van der Waals surface area contributed by atoms with E-state index in [9.17, 15) is 14.4 Å². The first-order chi connectivity index (χ1) is 13.8. The van der Waals surface area contributed by atoms with Crippen LogP contribution in [0.25, 0.3) is 22.4 Å². The Morgan fingerprint density at radius 2 is 2.17 bits per heavy atom. The molecule has 1 aromatic carbocycles. The smallest absolute Gasteiger partial charge is 0.360 e. The van der Waals surface area contributed by atoms with Gasteiger partial charge in [-0.05, 0) is 24.1 Å². The van der Waals surface area contributed by atoms with E-state index < -0.39 is 7.60 Å². The van der Waals surface area contributed by atoms with Crippen LogP contribution in [0.1, 0.15) is 24.7 Å². The van der Waals surface area contributed by atoms with Crippen molar-refractivity contribution in [3.05, 3.63) is 41.1 Å². The number of thioether (sulfide) groups is 1. The highest BCUT2D eigenvalue weighted by atomic mass is 35.5. The highest BCUT2D eigenvalue weighted by molar-refractivity contribution is 7.99. The molecule has 2 aromatic heterocycles. The minimum Gasteiger partial charge on any atom is -0.462 e. The van der Waals surface area contributed by atoms with E-state index in [1.54, 1.807) is 0 Å². The van der Waals surface area contributed by atoms with Gasteiger partial charge in [0.25, 0.3) is 0 Å². The highest BCUT2D eigenvalue weighted by Crippen LogP contribution is 2.44. The summed E-state index contributed by atoms with van der Waals surface area (Å²) in [6.45, 7) is 6.72. The van der Waals surface area contributed by atoms with Crippen molar-refractivity contribution in [3.8, 4) is 11.5 Å². The van der Waals surface area contributed by atoms with Crippen molar-refractivity contribution in [2.24, 2.45) is 5.92 Å². The average molecular weight is 455 g/mol. The lowest BCUT2D eigenvalue weighted by atomic mass is 10.1. The van der Waals surface area contributed by atoms with Gasteiger partial charge in [-0.3, -0.25) is 4.57 Å². The highest BCUT2D eigenvalue weighted by Gasteiger charge is 2.30. The van der Waals surface area contributed by atoms with E-state index in [1.807, 2.05) is 30.0 Å². The molecular weight excluding hydrogens is 431 g/mol. The molecule has 1 fully saturated rings. The number of nitrogens with zero attached hydrogens (tertiary/aromatic N) is 1. The van der Waals surface area contributed by atoms with Crippen molar-refractivity contribution in [3.63, 3.8) is 0 Å². The quantitative estimate of drug-likeness (QED) is 0.495. The molecule has 4 rings (SSSR count). The van der Waals surface area contributed by atoms with E-state index in [0.717, 1.165) is 35.3 Å². The molecule has 3 N–H and O–H groups in total. The van der Waals surface area contributed by atoms with Crippen LogP contribution in [-0.4, -0.2) is 33.2 Å². The van der Waals surface area contributed by atoms with Gasteiger partial charge in [-0.15, -0.1) is 0 Å². The maximum atomic E-state index is 12.0. The van der Waals surface area contributed by atoms with Crippen molar-refractivity contribution in [2.45, 2.75) is 25.6 Å². The van der Waals surface area contributed by atoms with E-state index >= 15 is 0 Å². The monoisotopic (exact) mass is 454 g/mol. The zero-order valence-corrected chi connectivity index (χ0v) is 18.7. The van der Waals surface area contributed by atoms with Crippen LogP contribution in [0.3, 0.4) is 0 Å². The van der Waals surface area contributed by atoms with Gasteiger partial charge >= 0.3 is 7.60 Å². The molecule has 3 aromatic rings. The van der Waals surface area contributed by atoms with Crippen LogP contribution in [0.15, 0.2) is 34.9 Å². The Labute approximate surface area is 178 Å². The predicted molar refractivity (Wildman–Crippen MR) is 119 cm³/mol. The van der Waals surface area contributed by atoms with Gasteiger partial charge in [0, 0.05) is 46.6 Å². The number of fused-ring (bicyclic) bond motifs is 1. The number of aromatic nitrogens is 1. The second-order valence-corrected chi connectivity index (χ2v) is 11.0. The lowest BCUT2D eigenvalue weighted by Gasteiger charge is -2.25. The zero-order valence-electron chi connectivity index (χ0n) is 16.3. The van der Waals surface area contributed by atoms with Gasteiger partial charge in [-0.2, -0.15) is 11.8 Å². The number of benzene rings is 1. The minimum atomic E-state index is -4.47. The zero-order chi connectivity index (χ0) is 20.8. The SMILES string of the molecule is CC(C)Cn1c(-c2occc2P(=O)(O)O)cc2ccc(Cl)c(C3CNCCS3)c21. The number of rotatable bonds is 5. The Bertz CT molecular complexity index is 1080. The summed E-state index contributed by atoms with van der Waals surface area (Å²) in [5.41, 5.74) is 2.74. The van der Waals surface area contributed by atoms with E-state index in [2.05, 4.69) is 23.7 Å². The predicted octanol–water partition coefficient (Wildman–Crippen LogP) is 4.39. The molecule has 1 unspecified atom stereocenters. The summed E-state index contributed by atoms with van der Waals surface area (Å²) in [6.07, 6.45) is 1.33. The Morgan fingerprint density at radius 1 is 1.38 bits per heavy atom. The molecular formula is C20H24ClN2O4PS. The van der Waals surface area contributed by atoms with E-state index in [0.29, 0.717) is 23.2 Å². The van der Waals surface area contributed by atoms with E-state index in [-0.39, 0.29) is 16.3 Å². The summed E-state index contributed by atoms with van der Waals surface area (Å²) < 4.78 is 19.7. The Kier molecular flexibility index (Phi) is 5.90. The van der Waals surface area contributed by atoms with Gasteiger partial charge in [0.05, 0.1) is 17.5 Å². The molecule has 6 nitrogen and oxygen atoms in total. The van der Waals surface area contributed by atoms with Crippen LogP contribution in [0.2, 0.25) is 5.02 Å². The van der Waals surface area contributed by atoms with Crippen LogP contribution in [0, 0.1) is 5.92 Å². The molecule has 0 bridgehead atoms. The topological polar surface area (TPSA) is 87.6 Å². The molecule has 0 radical (unpaired) electrons. The summed E-state index contributed by atoms with van der Waals surface area (Å²) in [4.78, 5) is 19.6. The molecule has 0 spiro atoms. The van der Waals surface area contributed by atoms with Crippen molar-refractivity contribution >= 4 is 47.2 Å². The van der Waals surface area contributed by atoms with Gasteiger partial charge in [0.2, 0.25) is 0 Å². The van der Waals surface area contributed by atoms with Crippen LogP contribution in [-0.2, 0) is 11.1 Å². The van der Waals surface area contributed by atoms with Crippen LogP contribution in [0.5, 0.6) is 0 Å². The van der Waals surface area contributed by atoms with Crippen molar-refractivity contribution in [1.82, 2.24) is 9.88 Å². The third-order valence-electron chi connectivity index (χ3n) is 5.04. The standard InChI is InChI=1S/C20H24ClN2O4PS/c1-12(2)11-23-15(20-16(5-7-27-20)28(24,25)26)9-13-3-4-14(21)18(19(13)23)17-10-22-6-8-29-17/h3-5,7,9,12,17,22H,6,8,10-11H2,1-2H3,(H2,24,25,26). The van der Waals surface area contributed by atoms with Gasteiger partial charge < -0.3 is 24.1 Å². The number of hydrogen-bond donors (Lipinski definition) is 3. The second kappa shape index (κ2) is 8.14. The third kappa shape index (κ3) is 4.05. The Balaban J connectivity index is 2.00. The maximum absolute atomic E-state index is 12.0. The summed E-state index contributed by atoms with van der Waals surface area (Å²) in [7, 11) is -4.47. The Morgan fingerprint density at radius 3 is 2.83 bits per heavy atom. The average Bonchev–Trinajstić information content (AvgIpc) is 3.27. The first kappa shape index (κ1) is 21.0. The van der Waals surface area contributed by atoms with Crippen LogP contribution < -0.4 is 10.6 Å². The minimum absolute atomic E-state index is 0.0910. The molecule has 1 aliphatic rings. The number of nitrogens with one attached hydrogen (secondary N) is 1. The maximum Gasteiger partial charge on any atom is 0.360 e.